The summed E-state index contributed by atoms with van der Waals surface area (Å²) in [4.78, 5) is 12.0. The summed E-state index contributed by atoms with van der Waals surface area (Å²) in [5, 5.41) is 0. The van der Waals surface area contributed by atoms with Crippen LogP contribution in [0.5, 0.6) is 0 Å². The number of carbonyl (C=O) groups is 1. The second kappa shape index (κ2) is 5.15. The first kappa shape index (κ1) is 11.9. The second-order valence-corrected chi connectivity index (χ2v) is 4.96. The van der Waals surface area contributed by atoms with Crippen molar-refractivity contribution in [2.24, 2.45) is 5.73 Å². The molecule has 1 aliphatic carbocycles. The minimum atomic E-state index is -0.737. The Kier molecular flexibility index (Phi) is 3.82. The van der Waals surface area contributed by atoms with E-state index in [2.05, 4.69) is 0 Å². The molecule has 1 saturated carbocycles. The maximum atomic E-state index is 12.0. The van der Waals surface area contributed by atoms with Gasteiger partial charge in [-0.1, -0.05) is 25.7 Å². The molecule has 92 valence electrons. The van der Waals surface area contributed by atoms with Crippen LogP contribution in [0.1, 0.15) is 44.9 Å². The standard InChI is InChI=1S/C12H21NO3/c13-12(6-3-1-2-4-7-12)11(14)16-10-5-8-15-9-10/h10H,1-9,13H2. The van der Waals surface area contributed by atoms with E-state index in [0.29, 0.717) is 13.2 Å². The molecule has 1 aliphatic heterocycles. The van der Waals surface area contributed by atoms with Crippen LogP contribution in [0.15, 0.2) is 0 Å². The number of hydrogen-bond donors (Lipinski definition) is 1. The van der Waals surface area contributed by atoms with Crippen LogP contribution in [0, 0.1) is 0 Å². The van der Waals surface area contributed by atoms with Gasteiger partial charge >= 0.3 is 5.97 Å². The Morgan fingerprint density at radius 1 is 1.25 bits per heavy atom. The first-order valence-electron chi connectivity index (χ1n) is 6.28. The van der Waals surface area contributed by atoms with Gasteiger partial charge in [0, 0.05) is 6.42 Å². The predicted molar refractivity (Wildman–Crippen MR) is 59.9 cm³/mol. The Bertz CT molecular complexity index is 241. The van der Waals surface area contributed by atoms with E-state index in [9.17, 15) is 4.79 Å². The summed E-state index contributed by atoms with van der Waals surface area (Å²) >= 11 is 0. The van der Waals surface area contributed by atoms with E-state index in [1.807, 2.05) is 0 Å². The van der Waals surface area contributed by atoms with Crippen molar-refractivity contribution in [2.75, 3.05) is 13.2 Å². The van der Waals surface area contributed by atoms with E-state index in [1.54, 1.807) is 0 Å². The molecule has 0 amide bonds. The van der Waals surface area contributed by atoms with Crippen molar-refractivity contribution >= 4 is 5.97 Å². The highest BCUT2D eigenvalue weighted by Gasteiger charge is 2.37. The van der Waals surface area contributed by atoms with Crippen molar-refractivity contribution in [3.05, 3.63) is 0 Å². The van der Waals surface area contributed by atoms with Gasteiger partial charge in [-0.15, -0.1) is 0 Å². The van der Waals surface area contributed by atoms with Gasteiger partial charge in [-0.05, 0) is 12.8 Å². The third-order valence-electron chi connectivity index (χ3n) is 3.56. The van der Waals surface area contributed by atoms with Crippen molar-refractivity contribution < 1.29 is 14.3 Å². The topological polar surface area (TPSA) is 61.6 Å². The molecule has 1 heterocycles. The molecule has 0 aromatic carbocycles. The summed E-state index contributed by atoms with van der Waals surface area (Å²) in [6.07, 6.45) is 6.69. The first-order valence-corrected chi connectivity index (χ1v) is 6.28. The molecular weight excluding hydrogens is 206 g/mol. The molecule has 0 aromatic rings. The van der Waals surface area contributed by atoms with Gasteiger partial charge in [0.25, 0.3) is 0 Å². The Morgan fingerprint density at radius 3 is 2.50 bits per heavy atom. The van der Waals surface area contributed by atoms with E-state index in [-0.39, 0.29) is 12.1 Å². The Hall–Kier alpha value is -0.610. The van der Waals surface area contributed by atoms with Crippen LogP contribution in [0.3, 0.4) is 0 Å². The van der Waals surface area contributed by atoms with Gasteiger partial charge in [-0.3, -0.25) is 4.79 Å². The quantitative estimate of drug-likeness (QED) is 0.571. The maximum Gasteiger partial charge on any atom is 0.326 e. The van der Waals surface area contributed by atoms with E-state index in [0.717, 1.165) is 32.1 Å². The molecule has 4 heteroatoms. The molecule has 2 aliphatic rings. The molecule has 2 rings (SSSR count). The Balaban J connectivity index is 1.90. The van der Waals surface area contributed by atoms with E-state index < -0.39 is 5.54 Å². The minimum absolute atomic E-state index is 0.0730. The van der Waals surface area contributed by atoms with Gasteiger partial charge in [0.1, 0.15) is 11.6 Å². The molecule has 0 spiro atoms. The van der Waals surface area contributed by atoms with Gasteiger partial charge in [0.15, 0.2) is 0 Å². The van der Waals surface area contributed by atoms with Crippen molar-refractivity contribution in [1.29, 1.82) is 0 Å². The monoisotopic (exact) mass is 227 g/mol. The predicted octanol–water partition coefficient (Wildman–Crippen LogP) is 1.37. The molecule has 0 aromatic heterocycles. The molecule has 1 atom stereocenters. The highest BCUT2D eigenvalue weighted by atomic mass is 16.6. The number of hydrogen-bond acceptors (Lipinski definition) is 4. The lowest BCUT2D eigenvalue weighted by atomic mass is 9.91. The third-order valence-corrected chi connectivity index (χ3v) is 3.56. The molecule has 2 fully saturated rings. The van der Waals surface area contributed by atoms with Crippen molar-refractivity contribution in [3.63, 3.8) is 0 Å². The zero-order valence-corrected chi connectivity index (χ0v) is 9.74. The lowest BCUT2D eigenvalue weighted by Crippen LogP contribution is -2.49. The Labute approximate surface area is 96.5 Å². The molecule has 16 heavy (non-hydrogen) atoms. The van der Waals surface area contributed by atoms with Crippen LogP contribution in [-0.4, -0.2) is 30.8 Å². The average Bonchev–Trinajstić information content (AvgIpc) is 2.66. The first-order chi connectivity index (χ1) is 7.71. The largest absolute Gasteiger partial charge is 0.458 e. The zero-order valence-electron chi connectivity index (χ0n) is 9.74. The number of esters is 1. The summed E-state index contributed by atoms with van der Waals surface area (Å²) in [6.45, 7) is 1.22. The van der Waals surface area contributed by atoms with E-state index in [4.69, 9.17) is 15.2 Å². The number of rotatable bonds is 2. The summed E-state index contributed by atoms with van der Waals surface area (Å²) in [6, 6.07) is 0. The van der Waals surface area contributed by atoms with Crippen LogP contribution in [-0.2, 0) is 14.3 Å². The summed E-state index contributed by atoms with van der Waals surface area (Å²) in [5.41, 5.74) is 5.43. The SMILES string of the molecule is NC1(C(=O)OC2CCOC2)CCCCCC1. The van der Waals surface area contributed by atoms with Gasteiger partial charge in [-0.25, -0.2) is 0 Å². The van der Waals surface area contributed by atoms with Crippen LogP contribution >= 0.6 is 0 Å². The van der Waals surface area contributed by atoms with Crippen LogP contribution in [0.4, 0.5) is 0 Å². The zero-order chi connectivity index (χ0) is 11.4. The van der Waals surface area contributed by atoms with Crippen molar-refractivity contribution in [2.45, 2.75) is 56.6 Å². The van der Waals surface area contributed by atoms with Crippen molar-refractivity contribution in [1.82, 2.24) is 0 Å². The summed E-state index contributed by atoms with van der Waals surface area (Å²) in [5.74, 6) is -0.218. The summed E-state index contributed by atoms with van der Waals surface area (Å²) in [7, 11) is 0. The van der Waals surface area contributed by atoms with Gasteiger partial charge in [0.05, 0.1) is 13.2 Å². The van der Waals surface area contributed by atoms with Crippen LogP contribution in [0.25, 0.3) is 0 Å². The minimum Gasteiger partial charge on any atom is -0.458 e. The van der Waals surface area contributed by atoms with Gasteiger partial charge in [-0.2, -0.15) is 0 Å². The van der Waals surface area contributed by atoms with Crippen molar-refractivity contribution in [3.8, 4) is 0 Å². The lowest BCUT2D eigenvalue weighted by molar-refractivity contribution is -0.156. The fraction of sp³-hybridized carbons (Fsp3) is 0.917. The van der Waals surface area contributed by atoms with Crippen LogP contribution in [0.2, 0.25) is 0 Å². The van der Waals surface area contributed by atoms with Crippen LogP contribution < -0.4 is 5.73 Å². The Morgan fingerprint density at radius 2 is 1.94 bits per heavy atom. The van der Waals surface area contributed by atoms with Gasteiger partial charge in [0.2, 0.25) is 0 Å². The number of nitrogens with two attached hydrogens (primary N) is 1. The van der Waals surface area contributed by atoms with Gasteiger partial charge < -0.3 is 15.2 Å². The highest BCUT2D eigenvalue weighted by Crippen LogP contribution is 2.27. The normalized spacial score (nSPS) is 29.7. The number of carbonyl (C=O) groups excluding carboxylic acids is 1. The summed E-state index contributed by atoms with van der Waals surface area (Å²) < 4.78 is 10.6. The molecule has 2 N–H and O–H groups in total. The fourth-order valence-electron chi connectivity index (χ4n) is 2.44. The molecule has 1 saturated heterocycles. The molecule has 1 unspecified atom stereocenters. The van der Waals surface area contributed by atoms with E-state index in [1.165, 1.54) is 12.8 Å². The second-order valence-electron chi connectivity index (χ2n) is 4.96. The third kappa shape index (κ3) is 2.74. The molecule has 0 radical (unpaired) electrons. The smallest absolute Gasteiger partial charge is 0.326 e. The average molecular weight is 227 g/mol. The molecule has 4 nitrogen and oxygen atoms in total. The maximum absolute atomic E-state index is 12.0. The fourth-order valence-corrected chi connectivity index (χ4v) is 2.44. The highest BCUT2D eigenvalue weighted by molar-refractivity contribution is 5.80. The lowest BCUT2D eigenvalue weighted by Gasteiger charge is -2.26. The van der Waals surface area contributed by atoms with E-state index >= 15 is 0 Å². The number of ether oxygens (including phenoxy) is 2. The molecule has 0 bridgehead atoms. The molecular formula is C12H21NO3.